The van der Waals surface area contributed by atoms with Gasteiger partial charge in [-0.25, -0.2) is 0 Å². The molecule has 3 fully saturated rings. The molecule has 27 heavy (non-hydrogen) atoms. The van der Waals surface area contributed by atoms with Crippen LogP contribution >= 0.6 is 0 Å². The molecule has 3 saturated carbocycles. The summed E-state index contributed by atoms with van der Waals surface area (Å²) in [5.74, 6) is 1.78. The summed E-state index contributed by atoms with van der Waals surface area (Å²) in [6.07, 6.45) is 12.1. The minimum absolute atomic E-state index is 0.186. The molecule has 1 aromatic rings. The van der Waals surface area contributed by atoms with Gasteiger partial charge in [-0.2, -0.15) is 0 Å². The number of carbonyl (C=O) groups is 1. The molecule has 1 amide bonds. The minimum Gasteiger partial charge on any atom is -0.353 e. The standard InChI is InChI=1S/C25H37NO/c1-18-8-7-9-21(13-18)25-14-19(2)12-20(16-25)15-24(3,17-25)23(27)26-22-10-5-4-6-11-22/h7-9,13,19-20,22H,4-6,10-12,14-17H2,1-3H3,(H,26,27). The van der Waals surface area contributed by atoms with E-state index in [1.807, 2.05) is 0 Å². The number of fused-ring (bicyclic) bond motifs is 2. The number of hydrogen-bond acceptors (Lipinski definition) is 1. The fourth-order valence-corrected chi connectivity index (χ4v) is 6.89. The summed E-state index contributed by atoms with van der Waals surface area (Å²) in [6.45, 7) is 6.88. The number of nitrogens with one attached hydrogen (secondary N) is 1. The van der Waals surface area contributed by atoms with E-state index >= 15 is 0 Å². The molecule has 2 nitrogen and oxygen atoms in total. The van der Waals surface area contributed by atoms with E-state index in [1.54, 1.807) is 0 Å². The lowest BCUT2D eigenvalue weighted by molar-refractivity contribution is -0.137. The van der Waals surface area contributed by atoms with E-state index in [2.05, 4.69) is 50.4 Å². The van der Waals surface area contributed by atoms with Crippen LogP contribution in [-0.2, 0) is 10.2 Å². The van der Waals surface area contributed by atoms with Crippen LogP contribution in [0.4, 0.5) is 0 Å². The van der Waals surface area contributed by atoms with Gasteiger partial charge in [-0.3, -0.25) is 4.79 Å². The molecular weight excluding hydrogens is 330 g/mol. The maximum atomic E-state index is 13.4. The molecule has 4 rings (SSSR count). The SMILES string of the molecule is Cc1cccc(C23CC(C)CC(CC(C)(C(=O)NC4CCCCC4)C2)C3)c1. The van der Waals surface area contributed by atoms with E-state index < -0.39 is 0 Å². The van der Waals surface area contributed by atoms with E-state index in [9.17, 15) is 4.79 Å². The molecule has 0 aliphatic heterocycles. The van der Waals surface area contributed by atoms with Crippen LogP contribution in [0.25, 0.3) is 0 Å². The van der Waals surface area contributed by atoms with Crippen molar-refractivity contribution in [1.82, 2.24) is 5.32 Å². The molecule has 1 N–H and O–H groups in total. The van der Waals surface area contributed by atoms with Crippen molar-refractivity contribution in [2.24, 2.45) is 17.3 Å². The quantitative estimate of drug-likeness (QED) is 0.706. The summed E-state index contributed by atoms with van der Waals surface area (Å²) in [4.78, 5) is 13.4. The molecule has 148 valence electrons. The van der Waals surface area contributed by atoms with Crippen LogP contribution in [0.2, 0.25) is 0 Å². The van der Waals surface area contributed by atoms with E-state index in [1.165, 1.54) is 62.5 Å². The van der Waals surface area contributed by atoms with Crippen LogP contribution in [-0.4, -0.2) is 11.9 Å². The molecule has 0 spiro atoms. The average molecular weight is 368 g/mol. The van der Waals surface area contributed by atoms with Crippen molar-refractivity contribution < 1.29 is 4.79 Å². The highest BCUT2D eigenvalue weighted by Crippen LogP contribution is 2.58. The predicted molar refractivity (Wildman–Crippen MR) is 112 cm³/mol. The monoisotopic (exact) mass is 367 g/mol. The largest absolute Gasteiger partial charge is 0.353 e. The third kappa shape index (κ3) is 3.82. The molecular formula is C25H37NO. The zero-order valence-corrected chi connectivity index (χ0v) is 17.5. The van der Waals surface area contributed by atoms with Gasteiger partial charge in [-0.15, -0.1) is 0 Å². The summed E-state index contributed by atoms with van der Waals surface area (Å²) >= 11 is 0. The molecule has 3 aliphatic rings. The highest BCUT2D eigenvalue weighted by molar-refractivity contribution is 5.83. The van der Waals surface area contributed by atoms with Gasteiger partial charge in [0.15, 0.2) is 0 Å². The Morgan fingerprint density at radius 3 is 2.63 bits per heavy atom. The van der Waals surface area contributed by atoms with Gasteiger partial charge in [-0.1, -0.05) is 62.9 Å². The van der Waals surface area contributed by atoms with Crippen LogP contribution in [0, 0.1) is 24.2 Å². The van der Waals surface area contributed by atoms with Crippen LogP contribution in [0.15, 0.2) is 24.3 Å². The van der Waals surface area contributed by atoms with Crippen molar-refractivity contribution >= 4 is 5.91 Å². The Kier molecular flexibility index (Phi) is 5.12. The molecule has 3 aliphatic carbocycles. The number of hydrogen-bond donors (Lipinski definition) is 1. The fraction of sp³-hybridized carbons (Fsp3) is 0.720. The minimum atomic E-state index is -0.218. The third-order valence-corrected chi connectivity index (χ3v) is 7.74. The Balaban J connectivity index is 1.60. The van der Waals surface area contributed by atoms with Gasteiger partial charge in [0.05, 0.1) is 0 Å². The average Bonchev–Trinajstić information content (AvgIpc) is 2.61. The van der Waals surface area contributed by atoms with Gasteiger partial charge < -0.3 is 5.32 Å². The van der Waals surface area contributed by atoms with E-state index in [0.29, 0.717) is 17.9 Å². The Morgan fingerprint density at radius 1 is 1.11 bits per heavy atom. The van der Waals surface area contributed by atoms with Gasteiger partial charge in [0, 0.05) is 11.5 Å². The van der Waals surface area contributed by atoms with Gasteiger partial charge in [-0.05, 0) is 74.7 Å². The second-order valence-corrected chi connectivity index (χ2v) is 10.5. The van der Waals surface area contributed by atoms with E-state index in [-0.39, 0.29) is 10.8 Å². The number of benzene rings is 1. The van der Waals surface area contributed by atoms with Gasteiger partial charge in [0.2, 0.25) is 5.91 Å². The van der Waals surface area contributed by atoms with Crippen molar-refractivity contribution in [2.75, 3.05) is 0 Å². The molecule has 4 atom stereocenters. The number of amides is 1. The Morgan fingerprint density at radius 2 is 1.89 bits per heavy atom. The highest BCUT2D eigenvalue weighted by atomic mass is 16.2. The third-order valence-electron chi connectivity index (χ3n) is 7.74. The second-order valence-electron chi connectivity index (χ2n) is 10.5. The number of carbonyl (C=O) groups excluding carboxylic acids is 1. The zero-order valence-electron chi connectivity index (χ0n) is 17.5. The smallest absolute Gasteiger partial charge is 0.226 e. The molecule has 1 aromatic carbocycles. The van der Waals surface area contributed by atoms with Crippen molar-refractivity contribution in [3.05, 3.63) is 35.4 Å². The van der Waals surface area contributed by atoms with Crippen LogP contribution in [0.1, 0.15) is 89.2 Å². The lowest BCUT2D eigenvalue weighted by Gasteiger charge is -2.54. The maximum absolute atomic E-state index is 13.4. The predicted octanol–water partition coefficient (Wildman–Crippen LogP) is 5.92. The molecule has 4 unspecified atom stereocenters. The number of aryl methyl sites for hydroxylation is 1. The summed E-state index contributed by atoms with van der Waals surface area (Å²) in [6, 6.07) is 9.54. The Bertz CT molecular complexity index is 687. The van der Waals surface area contributed by atoms with Crippen molar-refractivity contribution in [2.45, 2.75) is 96.4 Å². The second kappa shape index (κ2) is 7.26. The molecule has 0 aromatic heterocycles. The van der Waals surface area contributed by atoms with Crippen molar-refractivity contribution in [3.8, 4) is 0 Å². The van der Waals surface area contributed by atoms with Crippen LogP contribution in [0.3, 0.4) is 0 Å². The summed E-state index contributed by atoms with van der Waals surface area (Å²) in [5.41, 5.74) is 2.79. The number of rotatable bonds is 3. The van der Waals surface area contributed by atoms with E-state index in [4.69, 9.17) is 0 Å². The molecule has 0 heterocycles. The van der Waals surface area contributed by atoms with Crippen molar-refractivity contribution in [3.63, 3.8) is 0 Å². The first-order chi connectivity index (χ1) is 12.9. The summed E-state index contributed by atoms with van der Waals surface area (Å²) in [5, 5.41) is 3.47. The first-order valence-corrected chi connectivity index (χ1v) is 11.3. The molecule has 0 saturated heterocycles. The highest BCUT2D eigenvalue weighted by Gasteiger charge is 2.53. The normalized spacial score (nSPS) is 37.0. The first-order valence-electron chi connectivity index (χ1n) is 11.3. The molecule has 0 radical (unpaired) electrons. The summed E-state index contributed by atoms with van der Waals surface area (Å²) in [7, 11) is 0. The molecule has 2 heteroatoms. The Hall–Kier alpha value is -1.31. The van der Waals surface area contributed by atoms with Gasteiger partial charge >= 0.3 is 0 Å². The lowest BCUT2D eigenvalue weighted by atomic mass is 9.50. The fourth-order valence-electron chi connectivity index (χ4n) is 6.89. The first kappa shape index (κ1) is 19.0. The maximum Gasteiger partial charge on any atom is 0.226 e. The van der Waals surface area contributed by atoms with E-state index in [0.717, 1.165) is 18.8 Å². The molecule has 2 bridgehead atoms. The zero-order chi connectivity index (χ0) is 19.1. The Labute approximate surface area is 165 Å². The van der Waals surface area contributed by atoms with Crippen molar-refractivity contribution in [1.29, 1.82) is 0 Å². The summed E-state index contributed by atoms with van der Waals surface area (Å²) < 4.78 is 0. The van der Waals surface area contributed by atoms with Gasteiger partial charge in [0.1, 0.15) is 0 Å². The van der Waals surface area contributed by atoms with Gasteiger partial charge in [0.25, 0.3) is 0 Å². The van der Waals surface area contributed by atoms with Crippen LogP contribution in [0.5, 0.6) is 0 Å². The lowest BCUT2D eigenvalue weighted by Crippen LogP contribution is -2.53. The van der Waals surface area contributed by atoms with Crippen LogP contribution < -0.4 is 5.32 Å². The topological polar surface area (TPSA) is 29.1 Å².